The van der Waals surface area contributed by atoms with Crippen molar-refractivity contribution >= 4 is 29.1 Å². The molecule has 2 saturated heterocycles. The Morgan fingerprint density at radius 2 is 2.06 bits per heavy atom. The van der Waals surface area contributed by atoms with Crippen molar-refractivity contribution in [2.75, 3.05) is 34.8 Å². The summed E-state index contributed by atoms with van der Waals surface area (Å²) in [7, 11) is 0. The van der Waals surface area contributed by atoms with Crippen LogP contribution in [0.4, 0.5) is 17.3 Å². The van der Waals surface area contributed by atoms with E-state index in [-0.39, 0.29) is 29.3 Å². The number of furan rings is 1. The van der Waals surface area contributed by atoms with Crippen molar-refractivity contribution in [2.24, 2.45) is 5.92 Å². The molecule has 0 spiro atoms. The van der Waals surface area contributed by atoms with E-state index in [0.29, 0.717) is 44.0 Å². The zero-order valence-corrected chi connectivity index (χ0v) is 18.9. The van der Waals surface area contributed by atoms with Gasteiger partial charge in [0.15, 0.2) is 5.76 Å². The number of anilines is 3. The fraction of sp³-hybridized carbons (Fsp3) is 0.360. The van der Waals surface area contributed by atoms with Gasteiger partial charge in [-0.15, -0.1) is 0 Å². The number of hydrogen-bond acceptors (Lipinski definition) is 7. The summed E-state index contributed by atoms with van der Waals surface area (Å²) >= 11 is 0. The number of carbonyl (C=O) groups excluding carboxylic acids is 2. The molecule has 2 aliphatic rings. The van der Waals surface area contributed by atoms with Gasteiger partial charge in [0, 0.05) is 43.3 Å². The lowest BCUT2D eigenvalue weighted by atomic mass is 9.95. The Bertz CT molecular complexity index is 1250. The number of nitrogens with zero attached hydrogens (tertiary/aromatic N) is 4. The van der Waals surface area contributed by atoms with Crippen molar-refractivity contribution in [3.8, 4) is 17.7 Å². The number of aryl methyl sites for hydroxylation is 1. The third-order valence-corrected chi connectivity index (χ3v) is 6.43. The molecule has 5 rings (SSSR count). The summed E-state index contributed by atoms with van der Waals surface area (Å²) in [5, 5.41) is 12.5. The molecule has 0 atom stereocenters. The number of rotatable bonds is 5. The third-order valence-electron chi connectivity index (χ3n) is 6.43. The minimum absolute atomic E-state index is 0.0293. The lowest BCUT2D eigenvalue weighted by Crippen LogP contribution is -2.38. The van der Waals surface area contributed by atoms with Crippen LogP contribution in [0.2, 0.25) is 0 Å². The highest BCUT2D eigenvalue weighted by Gasteiger charge is 2.30. The Kier molecular flexibility index (Phi) is 5.80. The van der Waals surface area contributed by atoms with Crippen LogP contribution in [0.25, 0.3) is 11.7 Å². The predicted molar refractivity (Wildman–Crippen MR) is 125 cm³/mol. The molecule has 0 bridgehead atoms. The quantitative estimate of drug-likeness (QED) is 0.611. The van der Waals surface area contributed by atoms with Gasteiger partial charge >= 0.3 is 0 Å². The van der Waals surface area contributed by atoms with E-state index in [1.807, 2.05) is 34.9 Å². The van der Waals surface area contributed by atoms with Crippen molar-refractivity contribution in [1.82, 2.24) is 4.98 Å². The van der Waals surface area contributed by atoms with Gasteiger partial charge in [0.25, 0.3) is 5.89 Å². The van der Waals surface area contributed by atoms with Crippen molar-refractivity contribution < 1.29 is 18.4 Å². The number of amides is 2. The van der Waals surface area contributed by atoms with Crippen LogP contribution in [-0.4, -0.2) is 36.4 Å². The van der Waals surface area contributed by atoms with Crippen LogP contribution >= 0.6 is 0 Å². The van der Waals surface area contributed by atoms with Crippen molar-refractivity contribution in [3.63, 3.8) is 0 Å². The molecular weight excluding hydrogens is 434 g/mol. The van der Waals surface area contributed by atoms with Gasteiger partial charge in [0.2, 0.25) is 23.4 Å². The predicted octanol–water partition coefficient (Wildman–Crippen LogP) is 4.10. The molecule has 34 heavy (non-hydrogen) atoms. The number of oxazole rings is 1. The molecule has 174 valence electrons. The van der Waals surface area contributed by atoms with E-state index in [0.717, 1.165) is 29.9 Å². The van der Waals surface area contributed by atoms with E-state index in [4.69, 9.17) is 8.83 Å². The van der Waals surface area contributed by atoms with Crippen molar-refractivity contribution in [2.45, 2.75) is 32.6 Å². The lowest BCUT2D eigenvalue weighted by Gasteiger charge is -2.31. The number of benzene rings is 1. The van der Waals surface area contributed by atoms with E-state index in [2.05, 4.69) is 16.4 Å². The first-order valence-corrected chi connectivity index (χ1v) is 11.4. The average Bonchev–Trinajstić information content (AvgIpc) is 3.60. The van der Waals surface area contributed by atoms with Crippen LogP contribution in [0.5, 0.6) is 0 Å². The van der Waals surface area contributed by atoms with Crippen molar-refractivity contribution in [3.05, 3.63) is 47.9 Å². The molecule has 2 amide bonds. The number of hydrogen-bond donors (Lipinski definition) is 1. The van der Waals surface area contributed by atoms with Gasteiger partial charge in [0.1, 0.15) is 6.07 Å². The van der Waals surface area contributed by atoms with Crippen molar-refractivity contribution in [1.29, 1.82) is 5.26 Å². The van der Waals surface area contributed by atoms with E-state index in [1.54, 1.807) is 12.1 Å². The summed E-state index contributed by atoms with van der Waals surface area (Å²) in [5.41, 5.74) is 2.81. The molecule has 4 heterocycles. The maximum absolute atomic E-state index is 12.9. The molecule has 0 saturated carbocycles. The van der Waals surface area contributed by atoms with Crippen LogP contribution in [0, 0.1) is 24.2 Å². The molecule has 2 aliphatic heterocycles. The first-order valence-electron chi connectivity index (χ1n) is 11.4. The maximum atomic E-state index is 12.9. The highest BCUT2D eigenvalue weighted by atomic mass is 16.4. The van der Waals surface area contributed by atoms with Crippen LogP contribution in [0.3, 0.4) is 0 Å². The molecule has 3 aromatic rings. The number of carbonyl (C=O) groups is 2. The van der Waals surface area contributed by atoms with Gasteiger partial charge in [-0.2, -0.15) is 10.2 Å². The van der Waals surface area contributed by atoms with Gasteiger partial charge in [0.05, 0.1) is 6.26 Å². The number of nitriles is 1. The van der Waals surface area contributed by atoms with E-state index in [9.17, 15) is 14.9 Å². The summed E-state index contributed by atoms with van der Waals surface area (Å²) < 4.78 is 11.1. The molecule has 0 radical (unpaired) electrons. The van der Waals surface area contributed by atoms with Gasteiger partial charge in [-0.3, -0.25) is 9.59 Å². The van der Waals surface area contributed by atoms with Gasteiger partial charge in [-0.25, -0.2) is 0 Å². The van der Waals surface area contributed by atoms with Crippen LogP contribution in [-0.2, 0) is 9.59 Å². The first kappa shape index (κ1) is 21.8. The Morgan fingerprint density at radius 1 is 1.24 bits per heavy atom. The maximum Gasteiger partial charge on any atom is 0.266 e. The summed E-state index contributed by atoms with van der Waals surface area (Å²) in [6, 6.07) is 11.2. The molecule has 2 aromatic heterocycles. The second-order valence-electron chi connectivity index (χ2n) is 8.66. The molecule has 1 aromatic carbocycles. The topological polar surface area (TPSA) is 116 Å². The molecular formula is C25H25N5O4. The van der Waals surface area contributed by atoms with Crippen LogP contribution in [0.1, 0.15) is 36.9 Å². The minimum atomic E-state index is -0.144. The fourth-order valence-corrected chi connectivity index (χ4v) is 4.63. The summed E-state index contributed by atoms with van der Waals surface area (Å²) in [6.07, 6.45) is 4.25. The number of nitrogens with one attached hydrogen (secondary N) is 1. The van der Waals surface area contributed by atoms with E-state index < -0.39 is 0 Å². The molecule has 1 N–H and O–H groups in total. The first-order chi connectivity index (χ1) is 16.5. The minimum Gasteiger partial charge on any atom is -0.459 e. The largest absolute Gasteiger partial charge is 0.459 e. The Labute approximate surface area is 197 Å². The average molecular weight is 460 g/mol. The summed E-state index contributed by atoms with van der Waals surface area (Å²) in [6.45, 7) is 3.85. The molecule has 2 fully saturated rings. The SMILES string of the molecule is Cc1cc(NC(=O)C2CCN(c3oc(-c4ccco4)nc3C#N)CC2)ccc1N1CCCC1=O. The third kappa shape index (κ3) is 4.15. The molecule has 0 aliphatic carbocycles. The molecule has 9 heteroatoms. The summed E-state index contributed by atoms with van der Waals surface area (Å²) in [5.74, 6) is 1.12. The van der Waals surface area contributed by atoms with E-state index in [1.165, 1.54) is 6.26 Å². The van der Waals surface area contributed by atoms with E-state index >= 15 is 0 Å². The highest BCUT2D eigenvalue weighted by molar-refractivity contribution is 5.97. The number of aromatic nitrogens is 1. The standard InChI is InChI=1S/C25H25N5O4/c1-16-14-18(6-7-20(16)30-10-2-5-22(30)31)27-23(32)17-8-11-29(12-9-17)25-19(15-26)28-24(34-25)21-4-3-13-33-21/h3-4,6-7,13-14,17H,2,5,8-12H2,1H3,(H,27,32). The second-order valence-corrected chi connectivity index (χ2v) is 8.66. The van der Waals surface area contributed by atoms with Gasteiger partial charge < -0.3 is 24.0 Å². The highest BCUT2D eigenvalue weighted by Crippen LogP contribution is 2.32. The Morgan fingerprint density at radius 3 is 2.71 bits per heavy atom. The molecule has 9 nitrogen and oxygen atoms in total. The normalized spacial score (nSPS) is 16.6. The molecule has 0 unspecified atom stereocenters. The zero-order valence-electron chi connectivity index (χ0n) is 18.9. The number of piperidine rings is 1. The van der Waals surface area contributed by atoms with Crippen LogP contribution < -0.4 is 15.1 Å². The smallest absolute Gasteiger partial charge is 0.266 e. The second kappa shape index (κ2) is 9.06. The monoisotopic (exact) mass is 459 g/mol. The van der Waals surface area contributed by atoms with Crippen LogP contribution in [0.15, 0.2) is 45.4 Å². The Balaban J connectivity index is 1.21. The fourth-order valence-electron chi connectivity index (χ4n) is 4.63. The lowest BCUT2D eigenvalue weighted by molar-refractivity contribution is -0.120. The zero-order chi connectivity index (χ0) is 23.7. The van der Waals surface area contributed by atoms with Gasteiger partial charge in [-0.05, 0) is 62.1 Å². The Hall–Kier alpha value is -4.06. The summed E-state index contributed by atoms with van der Waals surface area (Å²) in [4.78, 5) is 33.0. The van der Waals surface area contributed by atoms with Gasteiger partial charge in [-0.1, -0.05) is 0 Å².